The van der Waals surface area contributed by atoms with E-state index in [0.29, 0.717) is 5.69 Å². The van der Waals surface area contributed by atoms with Crippen molar-refractivity contribution in [3.63, 3.8) is 0 Å². The summed E-state index contributed by atoms with van der Waals surface area (Å²) in [5.41, 5.74) is 3.46. The Bertz CT molecular complexity index is 637. The summed E-state index contributed by atoms with van der Waals surface area (Å²) in [6, 6.07) is 12.2. The summed E-state index contributed by atoms with van der Waals surface area (Å²) in [4.78, 5) is 0. The minimum absolute atomic E-state index is 0.0880. The maximum atomic E-state index is 10.5. The minimum Gasteiger partial charge on any atom is -0.498 e. The van der Waals surface area contributed by atoms with Crippen molar-refractivity contribution >= 4 is 0 Å². The topological polar surface area (TPSA) is 45.2 Å². The average molecular weight is 255 g/mol. The highest BCUT2D eigenvalue weighted by Gasteiger charge is 2.21. The zero-order valence-corrected chi connectivity index (χ0v) is 11.6. The molecule has 0 radical (unpaired) electrons. The summed E-state index contributed by atoms with van der Waals surface area (Å²) in [5, 5.41) is 17.8. The van der Waals surface area contributed by atoms with Gasteiger partial charge in [-0.1, -0.05) is 38.5 Å². The van der Waals surface area contributed by atoms with E-state index in [4.69, 9.17) is 0 Å². The predicted octanol–water partition coefficient (Wildman–Crippen LogP) is 3.66. The molecule has 0 saturated heterocycles. The van der Waals surface area contributed by atoms with E-state index in [1.54, 1.807) is 4.68 Å². The standard InChI is InChI=1S/C15H17N3O/c1-11-5-7-12(8-6-11)18-13(10-16-19)9-14(17-18)15(2,3)4/h5-9H,1-4H3. The van der Waals surface area contributed by atoms with Gasteiger partial charge in [-0.2, -0.15) is 5.10 Å². The molecule has 4 nitrogen and oxygen atoms in total. The molecule has 1 aromatic carbocycles. The lowest BCUT2D eigenvalue weighted by molar-refractivity contribution is 0.560. The molecule has 0 fully saturated rings. The highest BCUT2D eigenvalue weighted by molar-refractivity contribution is 5.41. The number of nitrogens with zero attached hydrogens (tertiary/aromatic N) is 3. The second-order valence-electron chi connectivity index (χ2n) is 5.62. The van der Waals surface area contributed by atoms with Crippen molar-refractivity contribution in [2.75, 3.05) is 0 Å². The summed E-state index contributed by atoms with van der Waals surface area (Å²) in [7, 11) is 0. The minimum atomic E-state index is -0.0880. The van der Waals surface area contributed by atoms with Gasteiger partial charge in [0.2, 0.25) is 0 Å². The second kappa shape index (κ2) is 4.77. The fourth-order valence-electron chi connectivity index (χ4n) is 1.76. The van der Waals surface area contributed by atoms with Gasteiger partial charge in [-0.3, -0.25) is 0 Å². The van der Waals surface area contributed by atoms with Gasteiger partial charge in [0, 0.05) is 16.5 Å². The molecule has 2 rings (SSSR count). The van der Waals surface area contributed by atoms with Crippen LogP contribution in [-0.2, 0) is 5.41 Å². The van der Waals surface area contributed by atoms with Crippen molar-refractivity contribution in [2.24, 2.45) is 0 Å². The van der Waals surface area contributed by atoms with Crippen molar-refractivity contribution in [1.82, 2.24) is 9.78 Å². The monoisotopic (exact) mass is 255 g/mol. The number of benzene rings is 1. The van der Waals surface area contributed by atoms with Gasteiger partial charge in [0.05, 0.1) is 11.4 Å². The van der Waals surface area contributed by atoms with E-state index in [1.165, 1.54) is 5.56 Å². The fourth-order valence-corrected chi connectivity index (χ4v) is 1.76. The molecule has 19 heavy (non-hydrogen) atoms. The van der Waals surface area contributed by atoms with Crippen LogP contribution >= 0.6 is 0 Å². The summed E-state index contributed by atoms with van der Waals surface area (Å²) in [5.74, 6) is 0. The van der Waals surface area contributed by atoms with Gasteiger partial charge in [-0.15, -0.1) is 0 Å². The van der Waals surface area contributed by atoms with Gasteiger partial charge in [0.25, 0.3) is 0 Å². The summed E-state index contributed by atoms with van der Waals surface area (Å²) in [6.07, 6.45) is 0. The molecule has 0 N–H and O–H groups in total. The Hall–Kier alpha value is -2.28. The highest BCUT2D eigenvalue weighted by atomic mass is 16.4. The first-order valence-electron chi connectivity index (χ1n) is 6.18. The Labute approximate surface area is 113 Å². The van der Waals surface area contributed by atoms with Crippen LogP contribution in [0.15, 0.2) is 30.3 Å². The maximum absolute atomic E-state index is 10.5. The Morgan fingerprint density at radius 2 is 1.84 bits per heavy atom. The zero-order chi connectivity index (χ0) is 14.0. The highest BCUT2D eigenvalue weighted by Crippen LogP contribution is 2.23. The van der Waals surface area contributed by atoms with Gasteiger partial charge in [-0.05, 0) is 19.1 Å². The Morgan fingerprint density at radius 3 is 2.37 bits per heavy atom. The van der Waals surface area contributed by atoms with Crippen LogP contribution in [0.1, 0.15) is 37.7 Å². The molecule has 0 unspecified atom stereocenters. The van der Waals surface area contributed by atoms with Gasteiger partial charge in [-0.25, -0.2) is 4.68 Å². The molecule has 0 bridgehead atoms. The van der Waals surface area contributed by atoms with Crippen molar-refractivity contribution in [3.05, 3.63) is 57.5 Å². The van der Waals surface area contributed by atoms with Gasteiger partial charge < -0.3 is 5.21 Å². The number of aromatic nitrogens is 2. The molecule has 4 heteroatoms. The molecule has 2 aromatic rings. The van der Waals surface area contributed by atoms with E-state index in [1.807, 2.05) is 37.3 Å². The van der Waals surface area contributed by atoms with Crippen LogP contribution in [0.25, 0.3) is 10.7 Å². The summed E-state index contributed by atoms with van der Waals surface area (Å²) < 4.78 is 1.70. The number of hydrogen-bond acceptors (Lipinski definition) is 2. The molecule has 0 aliphatic heterocycles. The SMILES string of the molecule is Cc1ccc(-n2nc(C(C)(C)C)cc2C#[N+][O-])cc1. The van der Waals surface area contributed by atoms with E-state index in [-0.39, 0.29) is 5.41 Å². The third-order valence-electron chi connectivity index (χ3n) is 2.92. The van der Waals surface area contributed by atoms with Crippen LogP contribution < -0.4 is 0 Å². The normalized spacial score (nSPS) is 10.9. The first-order valence-corrected chi connectivity index (χ1v) is 6.18. The van der Waals surface area contributed by atoms with Gasteiger partial charge in [0.15, 0.2) is 5.69 Å². The van der Waals surface area contributed by atoms with Crippen molar-refractivity contribution in [1.29, 1.82) is 0 Å². The molecule has 0 aliphatic carbocycles. The Kier molecular flexibility index (Phi) is 3.30. The lowest BCUT2D eigenvalue weighted by Crippen LogP contribution is -2.12. The van der Waals surface area contributed by atoms with E-state index in [0.717, 1.165) is 11.4 Å². The maximum Gasteiger partial charge on any atom is 0.357 e. The van der Waals surface area contributed by atoms with Crippen molar-refractivity contribution in [3.8, 4) is 11.8 Å². The van der Waals surface area contributed by atoms with E-state index < -0.39 is 0 Å². The average Bonchev–Trinajstić information content (AvgIpc) is 2.74. The Balaban J connectivity index is 2.57. The van der Waals surface area contributed by atoms with E-state index in [2.05, 4.69) is 36.9 Å². The predicted molar refractivity (Wildman–Crippen MR) is 76.7 cm³/mol. The number of rotatable bonds is 1. The zero-order valence-electron chi connectivity index (χ0n) is 11.6. The van der Waals surface area contributed by atoms with Crippen LogP contribution in [-0.4, -0.2) is 9.78 Å². The summed E-state index contributed by atoms with van der Waals surface area (Å²) >= 11 is 0. The fraction of sp³-hybridized carbons (Fsp3) is 0.333. The number of aryl methyl sites for hydroxylation is 1. The lowest BCUT2D eigenvalue weighted by atomic mass is 9.92. The van der Waals surface area contributed by atoms with E-state index in [9.17, 15) is 5.21 Å². The number of hydrogen-bond donors (Lipinski definition) is 0. The smallest absolute Gasteiger partial charge is 0.357 e. The molecule has 0 spiro atoms. The first-order chi connectivity index (χ1) is 8.91. The molecule has 0 atom stereocenters. The molecule has 1 aromatic heterocycles. The third-order valence-corrected chi connectivity index (χ3v) is 2.92. The molecule has 0 amide bonds. The van der Waals surface area contributed by atoms with E-state index >= 15 is 0 Å². The second-order valence-corrected chi connectivity index (χ2v) is 5.62. The van der Waals surface area contributed by atoms with Crippen LogP contribution in [0.5, 0.6) is 0 Å². The van der Waals surface area contributed by atoms with Crippen LogP contribution in [0.3, 0.4) is 0 Å². The van der Waals surface area contributed by atoms with Crippen LogP contribution in [0, 0.1) is 18.2 Å². The van der Waals surface area contributed by atoms with Crippen LogP contribution in [0.2, 0.25) is 0 Å². The molecule has 1 heterocycles. The molecule has 0 aliphatic rings. The van der Waals surface area contributed by atoms with Crippen molar-refractivity contribution < 1.29 is 0 Å². The van der Waals surface area contributed by atoms with Gasteiger partial charge in [0.1, 0.15) is 0 Å². The van der Waals surface area contributed by atoms with Crippen LogP contribution in [0.4, 0.5) is 0 Å². The lowest BCUT2D eigenvalue weighted by Gasteiger charge is -2.14. The quantitative estimate of drug-likeness (QED) is 0.730. The first kappa shape index (κ1) is 13.2. The third kappa shape index (κ3) is 2.76. The largest absolute Gasteiger partial charge is 0.498 e. The summed E-state index contributed by atoms with van der Waals surface area (Å²) in [6.45, 7) is 8.26. The van der Waals surface area contributed by atoms with Gasteiger partial charge >= 0.3 is 6.07 Å². The Morgan fingerprint density at radius 1 is 1.21 bits per heavy atom. The molecule has 0 saturated carbocycles. The van der Waals surface area contributed by atoms with Crippen molar-refractivity contribution in [2.45, 2.75) is 33.1 Å². The molecule has 98 valence electrons. The molecular formula is C15H17N3O. The molecular weight excluding hydrogens is 238 g/mol.